The van der Waals surface area contributed by atoms with E-state index in [-0.39, 0.29) is 16.8 Å². The SMILES string of the molecule is COC(=O)c1cc2ccccc2cc1NC(=O)c1cnn(-c2ccccc2F)c1C. The summed E-state index contributed by atoms with van der Waals surface area (Å²) in [4.78, 5) is 25.2. The van der Waals surface area contributed by atoms with E-state index in [0.29, 0.717) is 11.4 Å². The molecule has 0 aliphatic heterocycles. The minimum atomic E-state index is -0.560. The number of nitrogens with zero attached hydrogens (tertiary/aromatic N) is 2. The lowest BCUT2D eigenvalue weighted by molar-refractivity contribution is 0.0602. The normalized spacial score (nSPS) is 10.8. The van der Waals surface area contributed by atoms with Gasteiger partial charge in [-0.2, -0.15) is 5.10 Å². The Bertz CT molecular complexity index is 1280. The predicted octanol–water partition coefficient (Wildman–Crippen LogP) is 4.51. The van der Waals surface area contributed by atoms with E-state index in [9.17, 15) is 14.0 Å². The van der Waals surface area contributed by atoms with Crippen LogP contribution in [0.4, 0.5) is 10.1 Å². The zero-order chi connectivity index (χ0) is 21.3. The maximum Gasteiger partial charge on any atom is 0.339 e. The van der Waals surface area contributed by atoms with Crippen molar-refractivity contribution in [2.24, 2.45) is 0 Å². The van der Waals surface area contributed by atoms with E-state index >= 15 is 0 Å². The van der Waals surface area contributed by atoms with Crippen LogP contribution in [0.2, 0.25) is 0 Å². The third-order valence-corrected chi connectivity index (χ3v) is 4.87. The number of ether oxygens (including phenoxy) is 1. The van der Waals surface area contributed by atoms with Gasteiger partial charge in [-0.25, -0.2) is 13.9 Å². The number of nitrogens with one attached hydrogen (secondary N) is 1. The molecule has 30 heavy (non-hydrogen) atoms. The van der Waals surface area contributed by atoms with Crippen LogP contribution in [0, 0.1) is 12.7 Å². The Balaban J connectivity index is 1.72. The molecule has 4 rings (SSSR count). The molecular formula is C23H18FN3O3. The number of hydrogen-bond donors (Lipinski definition) is 1. The van der Waals surface area contributed by atoms with Crippen molar-refractivity contribution in [3.8, 4) is 5.69 Å². The van der Waals surface area contributed by atoms with Crippen molar-refractivity contribution in [2.45, 2.75) is 6.92 Å². The standard InChI is InChI=1S/C23H18FN3O3/c1-14-18(13-25-27(14)21-10-6-5-9-19(21)24)22(28)26-20-12-16-8-4-3-7-15(16)11-17(20)23(29)30-2/h3-13H,1-2H3,(H,26,28). The van der Waals surface area contributed by atoms with E-state index in [1.807, 2.05) is 24.3 Å². The molecule has 4 aromatic rings. The molecule has 3 aromatic carbocycles. The van der Waals surface area contributed by atoms with Crippen molar-refractivity contribution < 1.29 is 18.7 Å². The molecule has 0 saturated carbocycles. The molecule has 0 bridgehead atoms. The minimum Gasteiger partial charge on any atom is -0.465 e. The largest absolute Gasteiger partial charge is 0.465 e. The van der Waals surface area contributed by atoms with E-state index in [4.69, 9.17) is 4.74 Å². The van der Waals surface area contributed by atoms with Crippen LogP contribution in [0.3, 0.4) is 0 Å². The second-order valence-electron chi connectivity index (χ2n) is 6.70. The number of amides is 1. The summed E-state index contributed by atoms with van der Waals surface area (Å²) >= 11 is 0. The summed E-state index contributed by atoms with van der Waals surface area (Å²) in [5.74, 6) is -1.47. The number of aromatic nitrogens is 2. The fourth-order valence-corrected chi connectivity index (χ4v) is 3.31. The Kier molecular flexibility index (Phi) is 5.02. The Morgan fingerprint density at radius 1 is 1.00 bits per heavy atom. The van der Waals surface area contributed by atoms with Gasteiger partial charge in [-0.3, -0.25) is 4.79 Å². The minimum absolute atomic E-state index is 0.240. The van der Waals surface area contributed by atoms with Crippen molar-refractivity contribution in [3.63, 3.8) is 0 Å². The molecule has 7 heteroatoms. The molecule has 0 aliphatic carbocycles. The van der Waals surface area contributed by atoms with Gasteiger partial charge >= 0.3 is 5.97 Å². The smallest absolute Gasteiger partial charge is 0.339 e. The first-order chi connectivity index (χ1) is 14.5. The summed E-state index contributed by atoms with van der Waals surface area (Å²) in [6.45, 7) is 1.68. The molecule has 0 radical (unpaired) electrons. The summed E-state index contributed by atoms with van der Waals surface area (Å²) in [7, 11) is 1.28. The highest BCUT2D eigenvalue weighted by Crippen LogP contribution is 2.26. The molecule has 0 unspecified atom stereocenters. The summed E-state index contributed by atoms with van der Waals surface area (Å²) < 4.78 is 20.4. The Morgan fingerprint density at radius 3 is 2.37 bits per heavy atom. The molecule has 0 fully saturated rings. The molecule has 1 aromatic heterocycles. The molecule has 150 valence electrons. The van der Waals surface area contributed by atoms with E-state index < -0.39 is 17.7 Å². The lowest BCUT2D eigenvalue weighted by atomic mass is 10.0. The average molecular weight is 403 g/mol. The van der Waals surface area contributed by atoms with Crippen molar-refractivity contribution in [1.29, 1.82) is 0 Å². The van der Waals surface area contributed by atoms with Gasteiger partial charge in [0.25, 0.3) is 5.91 Å². The topological polar surface area (TPSA) is 73.2 Å². The number of para-hydroxylation sites is 1. The van der Waals surface area contributed by atoms with Crippen LogP contribution in [-0.2, 0) is 4.74 Å². The van der Waals surface area contributed by atoms with Gasteiger partial charge in [-0.05, 0) is 42.0 Å². The van der Waals surface area contributed by atoms with Gasteiger partial charge in [0.15, 0.2) is 0 Å². The third-order valence-electron chi connectivity index (χ3n) is 4.87. The van der Waals surface area contributed by atoms with Crippen LogP contribution < -0.4 is 5.32 Å². The summed E-state index contributed by atoms with van der Waals surface area (Å²) in [6.07, 6.45) is 1.37. The number of hydrogen-bond acceptors (Lipinski definition) is 4. The van der Waals surface area contributed by atoms with Crippen molar-refractivity contribution in [1.82, 2.24) is 9.78 Å². The number of anilines is 1. The van der Waals surface area contributed by atoms with E-state index in [1.54, 1.807) is 37.3 Å². The van der Waals surface area contributed by atoms with E-state index in [0.717, 1.165) is 10.8 Å². The van der Waals surface area contributed by atoms with Crippen molar-refractivity contribution >= 4 is 28.3 Å². The highest BCUT2D eigenvalue weighted by atomic mass is 19.1. The van der Waals surface area contributed by atoms with E-state index in [1.165, 1.54) is 24.1 Å². The van der Waals surface area contributed by atoms with Crippen LogP contribution in [0.25, 0.3) is 16.5 Å². The third kappa shape index (κ3) is 3.41. The van der Waals surface area contributed by atoms with Gasteiger partial charge in [0.1, 0.15) is 11.5 Å². The van der Waals surface area contributed by atoms with Crippen LogP contribution in [0.15, 0.2) is 66.9 Å². The van der Waals surface area contributed by atoms with Gasteiger partial charge in [0, 0.05) is 0 Å². The van der Waals surface area contributed by atoms with Crippen LogP contribution >= 0.6 is 0 Å². The number of methoxy groups -OCH3 is 1. The Labute approximate surface area is 171 Å². The van der Waals surface area contributed by atoms with Gasteiger partial charge in [0.05, 0.1) is 35.8 Å². The van der Waals surface area contributed by atoms with Gasteiger partial charge in [-0.1, -0.05) is 36.4 Å². The monoisotopic (exact) mass is 403 g/mol. The molecule has 1 amide bonds. The maximum absolute atomic E-state index is 14.1. The number of benzene rings is 3. The fourth-order valence-electron chi connectivity index (χ4n) is 3.31. The summed E-state index contributed by atoms with van der Waals surface area (Å²) in [6, 6.07) is 17.1. The number of rotatable bonds is 4. The second-order valence-corrected chi connectivity index (χ2v) is 6.70. The van der Waals surface area contributed by atoms with Gasteiger partial charge < -0.3 is 10.1 Å². The van der Waals surface area contributed by atoms with E-state index in [2.05, 4.69) is 10.4 Å². The van der Waals surface area contributed by atoms with Crippen LogP contribution in [-0.4, -0.2) is 28.8 Å². The number of esters is 1. The number of halogens is 1. The number of fused-ring (bicyclic) bond motifs is 1. The Morgan fingerprint density at radius 2 is 1.67 bits per heavy atom. The first-order valence-corrected chi connectivity index (χ1v) is 9.21. The lowest BCUT2D eigenvalue weighted by Gasteiger charge is -2.12. The predicted molar refractivity (Wildman–Crippen MR) is 111 cm³/mol. The Hall–Kier alpha value is -4.00. The van der Waals surface area contributed by atoms with Crippen LogP contribution in [0.5, 0.6) is 0 Å². The molecule has 0 aliphatic rings. The molecule has 0 spiro atoms. The molecule has 0 saturated heterocycles. The quantitative estimate of drug-likeness (QED) is 0.509. The summed E-state index contributed by atoms with van der Waals surface area (Å²) in [5, 5.41) is 8.63. The first-order valence-electron chi connectivity index (χ1n) is 9.21. The zero-order valence-electron chi connectivity index (χ0n) is 16.3. The number of carbonyl (C=O) groups excluding carboxylic acids is 2. The highest BCUT2D eigenvalue weighted by molar-refractivity contribution is 6.10. The highest BCUT2D eigenvalue weighted by Gasteiger charge is 2.20. The molecular weight excluding hydrogens is 385 g/mol. The van der Waals surface area contributed by atoms with Crippen LogP contribution in [0.1, 0.15) is 26.4 Å². The number of carbonyl (C=O) groups is 2. The lowest BCUT2D eigenvalue weighted by Crippen LogP contribution is -2.16. The maximum atomic E-state index is 14.1. The zero-order valence-corrected chi connectivity index (χ0v) is 16.3. The molecule has 6 nitrogen and oxygen atoms in total. The van der Waals surface area contributed by atoms with Gasteiger partial charge in [0.2, 0.25) is 0 Å². The van der Waals surface area contributed by atoms with Crippen molar-refractivity contribution in [3.05, 3.63) is 89.5 Å². The average Bonchev–Trinajstić information content (AvgIpc) is 3.14. The second kappa shape index (κ2) is 7.79. The fraction of sp³-hybridized carbons (Fsp3) is 0.0870. The first kappa shape index (κ1) is 19.3. The molecule has 1 N–H and O–H groups in total. The summed E-state index contributed by atoms with van der Waals surface area (Å²) in [5.41, 5.74) is 1.54. The van der Waals surface area contributed by atoms with Crippen molar-refractivity contribution in [2.75, 3.05) is 12.4 Å². The molecule has 1 heterocycles. The van der Waals surface area contributed by atoms with Gasteiger partial charge in [-0.15, -0.1) is 0 Å². The molecule has 0 atom stereocenters.